The van der Waals surface area contributed by atoms with Gasteiger partial charge in [-0.2, -0.15) is 0 Å². The van der Waals surface area contributed by atoms with Crippen LogP contribution in [0.1, 0.15) is 25.0 Å². The van der Waals surface area contributed by atoms with Crippen LogP contribution in [0.15, 0.2) is 42.5 Å². The zero-order valence-corrected chi connectivity index (χ0v) is 16.8. The lowest BCUT2D eigenvalue weighted by molar-refractivity contribution is -0.119. The van der Waals surface area contributed by atoms with Gasteiger partial charge in [0.25, 0.3) is 0 Å². The Balaban J connectivity index is 1.79. The Hall–Kier alpha value is -2.69. The number of rotatable bonds is 10. The highest BCUT2D eigenvalue weighted by Gasteiger charge is 2.07. The van der Waals surface area contributed by atoms with E-state index in [1.165, 1.54) is 5.69 Å². The molecule has 146 valence electrons. The number of nitrogens with one attached hydrogen (secondary N) is 2. The van der Waals surface area contributed by atoms with Crippen LogP contribution in [-0.2, 0) is 11.2 Å². The summed E-state index contributed by atoms with van der Waals surface area (Å²) < 4.78 is 5.22. The average molecular weight is 370 g/mol. The maximum Gasteiger partial charge on any atom is 0.239 e. The first-order valence-corrected chi connectivity index (χ1v) is 9.56. The fraction of sp³-hybridized carbons (Fsp3) is 0.409. The van der Waals surface area contributed by atoms with Gasteiger partial charge in [0.15, 0.2) is 0 Å². The fourth-order valence-corrected chi connectivity index (χ4v) is 3.04. The molecule has 2 aromatic rings. The molecule has 0 spiro atoms. The molecule has 0 aliphatic heterocycles. The number of aryl methyl sites for hydroxylation is 1. The predicted octanol–water partition coefficient (Wildman–Crippen LogP) is 3.62. The third kappa shape index (κ3) is 6.20. The molecule has 0 aliphatic carbocycles. The van der Waals surface area contributed by atoms with Crippen LogP contribution in [-0.4, -0.2) is 39.2 Å². The molecular weight excluding hydrogens is 338 g/mol. The van der Waals surface area contributed by atoms with Crippen molar-refractivity contribution in [3.05, 3.63) is 53.6 Å². The average Bonchev–Trinajstić information content (AvgIpc) is 2.68. The molecule has 27 heavy (non-hydrogen) atoms. The van der Waals surface area contributed by atoms with E-state index in [-0.39, 0.29) is 12.5 Å². The van der Waals surface area contributed by atoms with Gasteiger partial charge in [0, 0.05) is 31.0 Å². The van der Waals surface area contributed by atoms with Crippen LogP contribution in [0, 0.1) is 6.92 Å². The molecule has 0 unspecified atom stereocenters. The molecule has 0 saturated heterocycles. The summed E-state index contributed by atoms with van der Waals surface area (Å²) in [5, 5.41) is 6.19. The summed E-state index contributed by atoms with van der Waals surface area (Å²) in [6, 6.07) is 14.2. The maximum absolute atomic E-state index is 12.1. The van der Waals surface area contributed by atoms with Gasteiger partial charge in [0.2, 0.25) is 5.91 Å². The Morgan fingerprint density at radius 1 is 1.11 bits per heavy atom. The van der Waals surface area contributed by atoms with Crippen molar-refractivity contribution >= 4 is 17.3 Å². The van der Waals surface area contributed by atoms with E-state index < -0.39 is 0 Å². The minimum Gasteiger partial charge on any atom is -0.497 e. The van der Waals surface area contributed by atoms with Gasteiger partial charge in [-0.15, -0.1) is 0 Å². The van der Waals surface area contributed by atoms with Crippen molar-refractivity contribution in [3.8, 4) is 5.75 Å². The van der Waals surface area contributed by atoms with Gasteiger partial charge in [-0.3, -0.25) is 4.79 Å². The van der Waals surface area contributed by atoms with Crippen molar-refractivity contribution < 1.29 is 9.53 Å². The van der Waals surface area contributed by atoms with Crippen molar-refractivity contribution in [1.82, 2.24) is 5.32 Å². The second-order valence-electron chi connectivity index (χ2n) is 6.48. The number of carbonyl (C=O) groups is 1. The van der Waals surface area contributed by atoms with Crippen molar-refractivity contribution in [2.45, 2.75) is 27.2 Å². The largest absolute Gasteiger partial charge is 0.497 e. The molecular formula is C22H31N3O2. The molecule has 5 heteroatoms. The first-order valence-electron chi connectivity index (χ1n) is 9.56. The zero-order chi connectivity index (χ0) is 19.6. The van der Waals surface area contributed by atoms with Crippen LogP contribution in [0.4, 0.5) is 11.4 Å². The number of hydrogen-bond acceptors (Lipinski definition) is 4. The van der Waals surface area contributed by atoms with Crippen LogP contribution in [0.3, 0.4) is 0 Å². The van der Waals surface area contributed by atoms with Crippen molar-refractivity contribution in [2.75, 3.05) is 43.5 Å². The highest BCUT2D eigenvalue weighted by atomic mass is 16.5. The first kappa shape index (κ1) is 20.6. The van der Waals surface area contributed by atoms with E-state index >= 15 is 0 Å². The Bertz CT molecular complexity index is 742. The third-order valence-electron chi connectivity index (χ3n) is 4.65. The third-order valence-corrected chi connectivity index (χ3v) is 4.65. The lowest BCUT2D eigenvalue weighted by atomic mass is 10.1. The Kier molecular flexibility index (Phi) is 7.99. The Morgan fingerprint density at radius 3 is 2.56 bits per heavy atom. The molecule has 0 bridgehead atoms. The quantitative estimate of drug-likeness (QED) is 0.672. The highest BCUT2D eigenvalue weighted by molar-refractivity contribution is 5.81. The molecule has 1 amide bonds. The van der Waals surface area contributed by atoms with E-state index in [9.17, 15) is 4.79 Å². The number of methoxy groups -OCH3 is 1. The van der Waals surface area contributed by atoms with Gasteiger partial charge in [-0.1, -0.05) is 12.1 Å². The topological polar surface area (TPSA) is 53.6 Å². The van der Waals surface area contributed by atoms with Crippen molar-refractivity contribution in [1.29, 1.82) is 0 Å². The van der Waals surface area contributed by atoms with E-state index in [0.29, 0.717) is 6.54 Å². The molecule has 2 rings (SSSR count). The summed E-state index contributed by atoms with van der Waals surface area (Å²) in [5.41, 5.74) is 4.49. The molecule has 2 aromatic carbocycles. The smallest absolute Gasteiger partial charge is 0.239 e. The number of benzene rings is 2. The van der Waals surface area contributed by atoms with Crippen LogP contribution < -0.4 is 20.3 Å². The van der Waals surface area contributed by atoms with Crippen LogP contribution in [0.25, 0.3) is 0 Å². The fourth-order valence-electron chi connectivity index (χ4n) is 3.04. The van der Waals surface area contributed by atoms with E-state index in [2.05, 4.69) is 48.4 Å². The van der Waals surface area contributed by atoms with Gasteiger partial charge >= 0.3 is 0 Å². The molecule has 0 atom stereocenters. The number of anilines is 2. The highest BCUT2D eigenvalue weighted by Crippen LogP contribution is 2.22. The van der Waals surface area contributed by atoms with Gasteiger partial charge in [0.1, 0.15) is 5.75 Å². The van der Waals surface area contributed by atoms with Crippen LogP contribution in [0.2, 0.25) is 0 Å². The summed E-state index contributed by atoms with van der Waals surface area (Å²) in [5.74, 6) is 0.828. The predicted molar refractivity (Wildman–Crippen MR) is 113 cm³/mol. The standard InChI is InChI=1S/C22H31N3O2/c1-5-25(6-2)19-10-11-21(17(3)14-19)24-16-22(26)23-13-12-18-8-7-9-20(15-18)27-4/h7-11,14-15,24H,5-6,12-13,16H2,1-4H3,(H,23,26). The number of amides is 1. The summed E-state index contributed by atoms with van der Waals surface area (Å²) in [4.78, 5) is 14.4. The maximum atomic E-state index is 12.1. The number of carbonyl (C=O) groups excluding carboxylic acids is 1. The lowest BCUT2D eigenvalue weighted by Gasteiger charge is -2.22. The minimum absolute atomic E-state index is 0.00915. The molecule has 0 aromatic heterocycles. The molecule has 0 saturated carbocycles. The van der Waals surface area contributed by atoms with Gasteiger partial charge in [-0.25, -0.2) is 0 Å². The van der Waals surface area contributed by atoms with E-state index in [4.69, 9.17) is 4.74 Å². The van der Waals surface area contributed by atoms with Crippen molar-refractivity contribution in [3.63, 3.8) is 0 Å². The van der Waals surface area contributed by atoms with E-state index in [1.807, 2.05) is 30.3 Å². The van der Waals surface area contributed by atoms with Crippen LogP contribution >= 0.6 is 0 Å². The monoisotopic (exact) mass is 369 g/mol. The first-order chi connectivity index (χ1) is 13.1. The normalized spacial score (nSPS) is 10.4. The molecule has 0 fully saturated rings. The van der Waals surface area contributed by atoms with E-state index in [0.717, 1.165) is 42.1 Å². The van der Waals surface area contributed by atoms with Crippen molar-refractivity contribution in [2.24, 2.45) is 0 Å². The molecule has 2 N–H and O–H groups in total. The minimum atomic E-state index is -0.00915. The second kappa shape index (κ2) is 10.5. The second-order valence-corrected chi connectivity index (χ2v) is 6.48. The number of hydrogen-bond donors (Lipinski definition) is 2. The van der Waals surface area contributed by atoms with Gasteiger partial charge in [-0.05, 0) is 68.7 Å². The van der Waals surface area contributed by atoms with E-state index in [1.54, 1.807) is 7.11 Å². The van der Waals surface area contributed by atoms with Gasteiger partial charge in [0.05, 0.1) is 13.7 Å². The summed E-state index contributed by atoms with van der Waals surface area (Å²) in [7, 11) is 1.66. The summed E-state index contributed by atoms with van der Waals surface area (Å²) >= 11 is 0. The Labute approximate surface area is 162 Å². The number of ether oxygens (including phenoxy) is 1. The molecule has 0 radical (unpaired) electrons. The summed E-state index contributed by atoms with van der Waals surface area (Å²) in [6.07, 6.45) is 0.778. The zero-order valence-electron chi connectivity index (χ0n) is 16.8. The van der Waals surface area contributed by atoms with Gasteiger partial charge < -0.3 is 20.3 Å². The molecule has 5 nitrogen and oxygen atoms in total. The molecule has 0 heterocycles. The lowest BCUT2D eigenvalue weighted by Crippen LogP contribution is -2.31. The summed E-state index contributed by atoms with van der Waals surface area (Å²) in [6.45, 7) is 9.21. The van der Waals surface area contributed by atoms with Crippen LogP contribution in [0.5, 0.6) is 5.75 Å². The SMILES string of the molecule is CCN(CC)c1ccc(NCC(=O)NCCc2cccc(OC)c2)c(C)c1. The number of nitrogens with zero attached hydrogens (tertiary/aromatic N) is 1. The molecule has 0 aliphatic rings. The Morgan fingerprint density at radius 2 is 1.89 bits per heavy atom.